The van der Waals surface area contributed by atoms with Gasteiger partial charge in [-0.2, -0.15) is 0 Å². The third kappa shape index (κ3) is 2.72. The van der Waals surface area contributed by atoms with Crippen LogP contribution < -0.4 is 4.90 Å². The zero-order valence-corrected chi connectivity index (χ0v) is 11.9. The quantitative estimate of drug-likeness (QED) is 0.909. The first kappa shape index (κ1) is 13.8. The molecule has 1 aromatic heterocycles. The summed E-state index contributed by atoms with van der Waals surface area (Å²) in [5, 5.41) is 9.46. The number of rotatable bonds is 3. The van der Waals surface area contributed by atoms with Crippen LogP contribution in [0.2, 0.25) is 0 Å². The highest BCUT2D eigenvalue weighted by Crippen LogP contribution is 2.29. The lowest BCUT2D eigenvalue weighted by atomic mass is 9.98. The molecule has 0 aliphatic carbocycles. The Bertz CT molecular complexity index is 485. The monoisotopic (exact) mass is 262 g/mol. The Morgan fingerprint density at radius 2 is 2.21 bits per heavy atom. The van der Waals surface area contributed by atoms with E-state index in [0.29, 0.717) is 17.4 Å². The summed E-state index contributed by atoms with van der Waals surface area (Å²) in [7, 11) is 0. The third-order valence-corrected chi connectivity index (χ3v) is 3.91. The summed E-state index contributed by atoms with van der Waals surface area (Å²) >= 11 is 0. The van der Waals surface area contributed by atoms with Crippen molar-refractivity contribution in [2.45, 2.75) is 52.5 Å². The Labute approximate surface area is 114 Å². The number of nitrogens with zero attached hydrogens (tertiary/aromatic N) is 2. The van der Waals surface area contributed by atoms with E-state index < -0.39 is 5.97 Å². The molecule has 4 nitrogen and oxygen atoms in total. The lowest BCUT2D eigenvalue weighted by Crippen LogP contribution is -2.40. The fraction of sp³-hybridized carbons (Fsp3) is 0.600. The highest BCUT2D eigenvalue weighted by Gasteiger charge is 2.27. The van der Waals surface area contributed by atoms with Crippen molar-refractivity contribution in [3.05, 3.63) is 22.9 Å². The van der Waals surface area contributed by atoms with Crippen LogP contribution in [0.5, 0.6) is 0 Å². The fourth-order valence-electron chi connectivity index (χ4n) is 2.99. The smallest absolute Gasteiger partial charge is 0.339 e. The van der Waals surface area contributed by atoms with Gasteiger partial charge in [0, 0.05) is 18.3 Å². The highest BCUT2D eigenvalue weighted by molar-refractivity contribution is 5.95. The van der Waals surface area contributed by atoms with E-state index >= 15 is 0 Å². The SMILES string of the molecule is CCC1CCCCN1c1nc(C)cc(C)c1C(=O)O. The van der Waals surface area contributed by atoms with Crippen LogP contribution in [-0.2, 0) is 0 Å². The second-order valence-corrected chi connectivity index (χ2v) is 5.34. The topological polar surface area (TPSA) is 53.4 Å². The molecular formula is C15H22N2O2. The lowest BCUT2D eigenvalue weighted by molar-refractivity contribution is 0.0696. The molecule has 19 heavy (non-hydrogen) atoms. The van der Waals surface area contributed by atoms with Crippen molar-refractivity contribution in [2.24, 2.45) is 0 Å². The normalized spacial score (nSPS) is 19.5. The summed E-state index contributed by atoms with van der Waals surface area (Å²) in [6.07, 6.45) is 4.50. The maximum Gasteiger partial charge on any atom is 0.339 e. The van der Waals surface area contributed by atoms with Gasteiger partial charge in [-0.1, -0.05) is 6.92 Å². The van der Waals surface area contributed by atoms with Crippen LogP contribution in [0.25, 0.3) is 0 Å². The fourth-order valence-corrected chi connectivity index (χ4v) is 2.99. The molecule has 1 fully saturated rings. The average Bonchev–Trinajstić information content (AvgIpc) is 2.37. The van der Waals surface area contributed by atoms with E-state index in [1.54, 1.807) is 0 Å². The second kappa shape index (κ2) is 5.59. The number of carbonyl (C=O) groups is 1. The molecule has 1 unspecified atom stereocenters. The van der Waals surface area contributed by atoms with Gasteiger partial charge in [-0.3, -0.25) is 0 Å². The molecule has 0 spiro atoms. The van der Waals surface area contributed by atoms with Crippen LogP contribution in [-0.4, -0.2) is 28.6 Å². The Kier molecular flexibility index (Phi) is 4.08. The lowest BCUT2D eigenvalue weighted by Gasteiger charge is -2.37. The maximum absolute atomic E-state index is 11.5. The number of carboxylic acid groups (broad SMARTS) is 1. The number of aromatic carboxylic acids is 1. The Balaban J connectivity index is 2.50. The second-order valence-electron chi connectivity index (χ2n) is 5.34. The zero-order valence-electron chi connectivity index (χ0n) is 11.9. The summed E-state index contributed by atoms with van der Waals surface area (Å²) in [6, 6.07) is 2.26. The number of pyridine rings is 1. The molecule has 0 bridgehead atoms. The van der Waals surface area contributed by atoms with Crippen LogP contribution in [0.4, 0.5) is 5.82 Å². The number of aryl methyl sites for hydroxylation is 2. The number of aromatic nitrogens is 1. The van der Waals surface area contributed by atoms with E-state index in [0.717, 1.165) is 37.1 Å². The van der Waals surface area contributed by atoms with Crippen molar-refractivity contribution in [3.63, 3.8) is 0 Å². The van der Waals surface area contributed by atoms with Gasteiger partial charge < -0.3 is 10.0 Å². The predicted molar refractivity (Wildman–Crippen MR) is 75.9 cm³/mol. The molecule has 1 N–H and O–H groups in total. The number of hydrogen-bond acceptors (Lipinski definition) is 3. The van der Waals surface area contributed by atoms with Crippen molar-refractivity contribution in [1.29, 1.82) is 0 Å². The molecule has 104 valence electrons. The van der Waals surface area contributed by atoms with Crippen LogP contribution >= 0.6 is 0 Å². The molecule has 1 aromatic rings. The first-order valence-electron chi connectivity index (χ1n) is 7.02. The minimum absolute atomic E-state index is 0.367. The van der Waals surface area contributed by atoms with Crippen LogP contribution in [0, 0.1) is 13.8 Å². The predicted octanol–water partition coefficient (Wildman–Crippen LogP) is 3.17. The van der Waals surface area contributed by atoms with Crippen molar-refractivity contribution >= 4 is 11.8 Å². The summed E-state index contributed by atoms with van der Waals surface area (Å²) < 4.78 is 0. The molecule has 0 aromatic carbocycles. The largest absolute Gasteiger partial charge is 0.478 e. The number of hydrogen-bond donors (Lipinski definition) is 1. The maximum atomic E-state index is 11.5. The molecule has 0 saturated carbocycles. The summed E-state index contributed by atoms with van der Waals surface area (Å²) in [5.41, 5.74) is 2.05. The molecule has 1 aliphatic rings. The first-order valence-corrected chi connectivity index (χ1v) is 7.02. The standard InChI is InChI=1S/C15H22N2O2/c1-4-12-7-5-6-8-17(12)14-13(15(18)19)10(2)9-11(3)16-14/h9,12H,4-8H2,1-3H3,(H,18,19). The van der Waals surface area contributed by atoms with Gasteiger partial charge in [-0.25, -0.2) is 9.78 Å². The van der Waals surface area contributed by atoms with Gasteiger partial charge in [-0.15, -0.1) is 0 Å². The third-order valence-electron chi connectivity index (χ3n) is 3.91. The molecule has 1 aliphatic heterocycles. The molecule has 0 amide bonds. The molecule has 4 heteroatoms. The van der Waals surface area contributed by atoms with Crippen molar-refractivity contribution < 1.29 is 9.90 Å². The molecule has 1 atom stereocenters. The van der Waals surface area contributed by atoms with E-state index in [1.807, 2.05) is 19.9 Å². The molecule has 2 heterocycles. The van der Waals surface area contributed by atoms with E-state index in [9.17, 15) is 9.90 Å². The minimum Gasteiger partial charge on any atom is -0.478 e. The first-order chi connectivity index (χ1) is 9.04. The van der Waals surface area contributed by atoms with Crippen LogP contribution in [0.15, 0.2) is 6.07 Å². The number of anilines is 1. The molecule has 1 saturated heterocycles. The molecular weight excluding hydrogens is 240 g/mol. The molecule has 2 rings (SSSR count). The van der Waals surface area contributed by atoms with Crippen molar-refractivity contribution in [2.75, 3.05) is 11.4 Å². The van der Waals surface area contributed by atoms with Gasteiger partial charge in [0.2, 0.25) is 0 Å². The minimum atomic E-state index is -0.875. The Morgan fingerprint density at radius 3 is 2.84 bits per heavy atom. The van der Waals surface area contributed by atoms with E-state index in [4.69, 9.17) is 0 Å². The van der Waals surface area contributed by atoms with Gasteiger partial charge in [0.05, 0.1) is 0 Å². The zero-order chi connectivity index (χ0) is 14.0. The Morgan fingerprint density at radius 1 is 1.47 bits per heavy atom. The van der Waals surface area contributed by atoms with Gasteiger partial charge in [0.25, 0.3) is 0 Å². The molecule has 0 radical (unpaired) electrons. The van der Waals surface area contributed by atoms with E-state index in [2.05, 4.69) is 16.8 Å². The van der Waals surface area contributed by atoms with Crippen LogP contribution in [0.3, 0.4) is 0 Å². The summed E-state index contributed by atoms with van der Waals surface area (Å²) in [4.78, 5) is 18.2. The van der Waals surface area contributed by atoms with E-state index in [1.165, 1.54) is 6.42 Å². The summed E-state index contributed by atoms with van der Waals surface area (Å²) in [5.74, 6) is -0.211. The van der Waals surface area contributed by atoms with Gasteiger partial charge in [0.15, 0.2) is 0 Å². The average molecular weight is 262 g/mol. The van der Waals surface area contributed by atoms with Crippen molar-refractivity contribution in [1.82, 2.24) is 4.98 Å². The van der Waals surface area contributed by atoms with E-state index in [-0.39, 0.29) is 0 Å². The number of piperidine rings is 1. The van der Waals surface area contributed by atoms with Crippen LogP contribution in [0.1, 0.15) is 54.2 Å². The highest BCUT2D eigenvalue weighted by atomic mass is 16.4. The Hall–Kier alpha value is -1.58. The number of carboxylic acids is 1. The van der Waals surface area contributed by atoms with Gasteiger partial charge in [0.1, 0.15) is 11.4 Å². The van der Waals surface area contributed by atoms with Gasteiger partial charge in [-0.05, 0) is 51.2 Å². The van der Waals surface area contributed by atoms with Gasteiger partial charge >= 0.3 is 5.97 Å². The van der Waals surface area contributed by atoms with Crippen molar-refractivity contribution in [3.8, 4) is 0 Å². The summed E-state index contributed by atoms with van der Waals surface area (Å²) in [6.45, 7) is 6.85.